The molecule has 3 rings (SSSR count). The van der Waals surface area contributed by atoms with E-state index in [1.54, 1.807) is 22.6 Å². The third-order valence-electron chi connectivity index (χ3n) is 3.30. The maximum Gasteiger partial charge on any atom is 0.245 e. The number of amides is 1. The fraction of sp³-hybridized carbons (Fsp3) is 0.188. The van der Waals surface area contributed by atoms with Crippen LogP contribution >= 0.6 is 0 Å². The predicted molar refractivity (Wildman–Crippen MR) is 84.2 cm³/mol. The molecule has 2 aromatic heterocycles. The molecule has 0 fully saturated rings. The highest BCUT2D eigenvalue weighted by Gasteiger charge is 2.09. The molecule has 0 aliphatic rings. The van der Waals surface area contributed by atoms with E-state index >= 15 is 0 Å². The zero-order valence-electron chi connectivity index (χ0n) is 12.5. The Morgan fingerprint density at radius 2 is 2.05 bits per heavy atom. The summed E-state index contributed by atoms with van der Waals surface area (Å²) in [5, 5.41) is 7.04. The van der Waals surface area contributed by atoms with Crippen LogP contribution in [0.15, 0.2) is 48.9 Å². The summed E-state index contributed by atoms with van der Waals surface area (Å²) in [6, 6.07) is 11.7. The summed E-state index contributed by atoms with van der Waals surface area (Å²) in [6.07, 6.45) is 3.53. The Balaban J connectivity index is 1.67. The maximum atomic E-state index is 12.1. The van der Waals surface area contributed by atoms with Gasteiger partial charge in [-0.3, -0.25) is 9.48 Å². The molecule has 0 saturated carbocycles. The highest BCUT2D eigenvalue weighted by Crippen LogP contribution is 2.16. The van der Waals surface area contributed by atoms with Gasteiger partial charge >= 0.3 is 0 Å². The Kier molecular flexibility index (Phi) is 3.74. The molecule has 0 aliphatic carbocycles. The van der Waals surface area contributed by atoms with Crippen molar-refractivity contribution in [1.82, 2.24) is 19.3 Å². The first kappa shape index (κ1) is 14.1. The minimum Gasteiger partial charge on any atom is -0.327 e. The number of carbonyl (C=O) groups excluding carboxylic acids is 1. The van der Waals surface area contributed by atoms with Crippen LogP contribution in [0.2, 0.25) is 0 Å². The van der Waals surface area contributed by atoms with Gasteiger partial charge in [-0.25, -0.2) is 4.98 Å². The molecule has 6 nitrogen and oxygen atoms in total. The predicted octanol–water partition coefficient (Wildman–Crippen LogP) is 2.23. The molecular formula is C16H17N5O. The standard InChI is InChI=1S/C16H17N5O/c1-12-8-15(20(2)19-12)18-16(22)10-21-9-14(17-11-21)13-6-4-3-5-7-13/h3-9,11H,10H2,1-2H3,(H,18,22). The van der Waals surface area contributed by atoms with Crippen LogP contribution in [-0.4, -0.2) is 25.2 Å². The molecule has 0 spiro atoms. The fourth-order valence-corrected chi connectivity index (χ4v) is 2.28. The molecule has 1 N–H and O–H groups in total. The quantitative estimate of drug-likeness (QED) is 0.802. The van der Waals surface area contributed by atoms with Crippen molar-refractivity contribution in [1.29, 1.82) is 0 Å². The summed E-state index contributed by atoms with van der Waals surface area (Å²) < 4.78 is 3.41. The highest BCUT2D eigenvalue weighted by molar-refractivity contribution is 5.89. The number of imidazole rings is 1. The fourth-order valence-electron chi connectivity index (χ4n) is 2.28. The number of hydrogen-bond donors (Lipinski definition) is 1. The van der Waals surface area contributed by atoms with Crippen LogP contribution in [0.1, 0.15) is 5.69 Å². The van der Waals surface area contributed by atoms with E-state index in [0.29, 0.717) is 5.82 Å². The lowest BCUT2D eigenvalue weighted by atomic mass is 10.2. The lowest BCUT2D eigenvalue weighted by molar-refractivity contribution is -0.116. The van der Waals surface area contributed by atoms with Gasteiger partial charge in [0.05, 0.1) is 17.7 Å². The van der Waals surface area contributed by atoms with Crippen molar-refractivity contribution in [2.45, 2.75) is 13.5 Å². The summed E-state index contributed by atoms with van der Waals surface area (Å²) in [4.78, 5) is 16.4. The Morgan fingerprint density at radius 1 is 1.27 bits per heavy atom. The molecule has 112 valence electrons. The van der Waals surface area contributed by atoms with Crippen LogP contribution in [-0.2, 0) is 18.4 Å². The average molecular weight is 295 g/mol. The smallest absolute Gasteiger partial charge is 0.245 e. The van der Waals surface area contributed by atoms with Crippen molar-refractivity contribution < 1.29 is 4.79 Å². The SMILES string of the molecule is Cc1cc(NC(=O)Cn2cnc(-c3ccccc3)c2)n(C)n1. The van der Waals surface area contributed by atoms with E-state index in [-0.39, 0.29) is 12.5 Å². The van der Waals surface area contributed by atoms with Crippen molar-refractivity contribution in [3.8, 4) is 11.3 Å². The van der Waals surface area contributed by atoms with Gasteiger partial charge in [-0.1, -0.05) is 30.3 Å². The van der Waals surface area contributed by atoms with Crippen molar-refractivity contribution in [3.05, 3.63) is 54.6 Å². The molecule has 2 heterocycles. The number of nitrogens with one attached hydrogen (secondary N) is 1. The molecule has 0 radical (unpaired) electrons. The zero-order valence-corrected chi connectivity index (χ0v) is 12.5. The maximum absolute atomic E-state index is 12.1. The molecule has 0 unspecified atom stereocenters. The second-order valence-corrected chi connectivity index (χ2v) is 5.14. The van der Waals surface area contributed by atoms with Crippen molar-refractivity contribution >= 4 is 11.7 Å². The first-order valence-corrected chi connectivity index (χ1v) is 6.99. The topological polar surface area (TPSA) is 64.7 Å². The van der Waals surface area contributed by atoms with E-state index in [1.165, 1.54) is 0 Å². The van der Waals surface area contributed by atoms with Gasteiger partial charge in [-0.05, 0) is 6.92 Å². The first-order valence-electron chi connectivity index (χ1n) is 6.99. The summed E-state index contributed by atoms with van der Waals surface area (Å²) >= 11 is 0. The molecule has 1 aromatic carbocycles. The third-order valence-corrected chi connectivity index (χ3v) is 3.30. The van der Waals surface area contributed by atoms with Gasteiger partial charge in [-0.2, -0.15) is 5.10 Å². The number of aryl methyl sites for hydroxylation is 2. The van der Waals surface area contributed by atoms with Crippen molar-refractivity contribution in [2.75, 3.05) is 5.32 Å². The minimum atomic E-state index is -0.111. The van der Waals surface area contributed by atoms with Crippen molar-refractivity contribution in [2.24, 2.45) is 7.05 Å². The molecule has 1 amide bonds. The largest absolute Gasteiger partial charge is 0.327 e. The van der Waals surface area contributed by atoms with E-state index in [1.807, 2.05) is 49.5 Å². The number of hydrogen-bond acceptors (Lipinski definition) is 3. The van der Waals surface area contributed by atoms with Gasteiger partial charge in [0, 0.05) is 24.9 Å². The molecule has 22 heavy (non-hydrogen) atoms. The molecular weight excluding hydrogens is 278 g/mol. The lowest BCUT2D eigenvalue weighted by Gasteiger charge is -2.05. The number of benzene rings is 1. The molecule has 0 bridgehead atoms. The minimum absolute atomic E-state index is 0.111. The van der Waals surface area contributed by atoms with E-state index in [9.17, 15) is 4.79 Å². The van der Waals surface area contributed by atoms with Gasteiger partial charge in [0.25, 0.3) is 0 Å². The Labute approximate surface area is 128 Å². The van der Waals surface area contributed by atoms with Crippen molar-refractivity contribution in [3.63, 3.8) is 0 Å². The Hall–Kier alpha value is -2.89. The summed E-state index contributed by atoms with van der Waals surface area (Å²) in [6.45, 7) is 2.10. The second kappa shape index (κ2) is 5.85. The van der Waals surface area contributed by atoms with Crippen LogP contribution in [0.4, 0.5) is 5.82 Å². The molecule has 6 heteroatoms. The van der Waals surface area contributed by atoms with Gasteiger partial charge in [0.1, 0.15) is 12.4 Å². The number of nitrogens with zero attached hydrogens (tertiary/aromatic N) is 4. The number of anilines is 1. The zero-order chi connectivity index (χ0) is 15.5. The molecule has 3 aromatic rings. The van der Waals surface area contributed by atoms with Crippen LogP contribution in [0.3, 0.4) is 0 Å². The Bertz CT molecular complexity index is 788. The summed E-state index contributed by atoms with van der Waals surface area (Å²) in [5.41, 5.74) is 2.75. The number of rotatable bonds is 4. The summed E-state index contributed by atoms with van der Waals surface area (Å²) in [7, 11) is 1.80. The normalized spacial score (nSPS) is 10.6. The van der Waals surface area contributed by atoms with Crippen LogP contribution in [0.5, 0.6) is 0 Å². The van der Waals surface area contributed by atoms with Gasteiger partial charge < -0.3 is 9.88 Å². The molecule has 0 aliphatic heterocycles. The summed E-state index contributed by atoms with van der Waals surface area (Å²) in [5.74, 6) is 0.575. The number of carbonyl (C=O) groups is 1. The van der Waals surface area contributed by atoms with Gasteiger partial charge in [0.2, 0.25) is 5.91 Å². The first-order chi connectivity index (χ1) is 10.6. The van der Waals surface area contributed by atoms with Gasteiger partial charge in [-0.15, -0.1) is 0 Å². The van der Waals surface area contributed by atoms with E-state index in [2.05, 4.69) is 15.4 Å². The third kappa shape index (κ3) is 3.06. The number of aromatic nitrogens is 4. The van der Waals surface area contributed by atoms with E-state index < -0.39 is 0 Å². The lowest BCUT2D eigenvalue weighted by Crippen LogP contribution is -2.19. The van der Waals surface area contributed by atoms with Crippen LogP contribution < -0.4 is 5.32 Å². The van der Waals surface area contributed by atoms with Crippen LogP contribution in [0, 0.1) is 6.92 Å². The molecule has 0 saturated heterocycles. The Morgan fingerprint density at radius 3 is 2.73 bits per heavy atom. The van der Waals surface area contributed by atoms with Gasteiger partial charge in [0.15, 0.2) is 0 Å². The van der Waals surface area contributed by atoms with E-state index in [4.69, 9.17) is 0 Å². The average Bonchev–Trinajstić information content (AvgIpc) is 3.07. The highest BCUT2D eigenvalue weighted by atomic mass is 16.2. The second-order valence-electron chi connectivity index (χ2n) is 5.14. The van der Waals surface area contributed by atoms with E-state index in [0.717, 1.165) is 17.0 Å². The molecule has 0 atom stereocenters. The van der Waals surface area contributed by atoms with Crippen LogP contribution in [0.25, 0.3) is 11.3 Å². The monoisotopic (exact) mass is 295 g/mol.